The number of nitrogens with zero attached hydrogens (tertiary/aromatic N) is 2. The highest BCUT2D eigenvalue weighted by Gasteiger charge is 2.01. The molecule has 2 N–H and O–H groups in total. The number of aromatic nitrogens is 1. The predicted octanol–water partition coefficient (Wildman–Crippen LogP) is 2.11. The summed E-state index contributed by atoms with van der Waals surface area (Å²) in [6.45, 7) is 0.366. The molecule has 1 aromatic heterocycles. The summed E-state index contributed by atoms with van der Waals surface area (Å²) in [5.74, 6) is 0.916. The van der Waals surface area contributed by atoms with E-state index in [1.54, 1.807) is 30.5 Å². The van der Waals surface area contributed by atoms with Crippen molar-refractivity contribution in [2.24, 2.45) is 0 Å². The molecule has 2 aromatic rings. The molecule has 0 unspecified atom stereocenters. The van der Waals surface area contributed by atoms with Crippen LogP contribution in [0, 0.1) is 11.3 Å². The first-order valence-corrected chi connectivity index (χ1v) is 5.12. The van der Waals surface area contributed by atoms with E-state index in [4.69, 9.17) is 15.7 Å². The summed E-state index contributed by atoms with van der Waals surface area (Å²) >= 11 is 0. The molecule has 0 aliphatic heterocycles. The maximum Gasteiger partial charge on any atom is 0.166 e. The molecule has 0 saturated carbocycles. The Kier molecular flexibility index (Phi) is 3.22. The number of rotatable bonds is 3. The molecular formula is C13H11N3O. The van der Waals surface area contributed by atoms with Crippen LogP contribution in [-0.2, 0) is 6.61 Å². The Morgan fingerprint density at radius 3 is 2.94 bits per heavy atom. The molecule has 0 saturated heterocycles. The molecule has 0 spiro atoms. The van der Waals surface area contributed by atoms with Crippen LogP contribution in [0.15, 0.2) is 42.6 Å². The third-order valence-corrected chi connectivity index (χ3v) is 2.25. The van der Waals surface area contributed by atoms with Crippen molar-refractivity contribution in [1.82, 2.24) is 4.98 Å². The Bertz CT molecular complexity index is 561. The van der Waals surface area contributed by atoms with E-state index in [0.29, 0.717) is 23.7 Å². The van der Waals surface area contributed by atoms with Crippen LogP contribution < -0.4 is 10.5 Å². The molecule has 0 aliphatic carbocycles. The van der Waals surface area contributed by atoms with Gasteiger partial charge in [-0.2, -0.15) is 5.26 Å². The van der Waals surface area contributed by atoms with Crippen molar-refractivity contribution in [2.75, 3.05) is 5.73 Å². The summed E-state index contributed by atoms with van der Waals surface area (Å²) < 4.78 is 5.53. The smallest absolute Gasteiger partial charge is 0.166 e. The molecule has 0 fully saturated rings. The quantitative estimate of drug-likeness (QED) is 0.868. The van der Waals surface area contributed by atoms with Crippen LogP contribution in [0.4, 0.5) is 5.82 Å². The molecule has 4 heteroatoms. The van der Waals surface area contributed by atoms with Crippen molar-refractivity contribution in [2.45, 2.75) is 6.61 Å². The zero-order valence-electron chi connectivity index (χ0n) is 9.13. The van der Waals surface area contributed by atoms with Crippen LogP contribution in [0.2, 0.25) is 0 Å². The molecule has 0 radical (unpaired) electrons. The van der Waals surface area contributed by atoms with Gasteiger partial charge >= 0.3 is 0 Å². The van der Waals surface area contributed by atoms with Crippen molar-refractivity contribution in [3.8, 4) is 11.8 Å². The van der Waals surface area contributed by atoms with Gasteiger partial charge in [0.2, 0.25) is 0 Å². The fourth-order valence-electron chi connectivity index (χ4n) is 1.42. The molecule has 1 heterocycles. The minimum atomic E-state index is 0.365. The second-order valence-electron chi connectivity index (χ2n) is 3.49. The topological polar surface area (TPSA) is 71.9 Å². The Morgan fingerprint density at radius 1 is 1.29 bits per heavy atom. The highest BCUT2D eigenvalue weighted by atomic mass is 16.5. The fraction of sp³-hybridized carbons (Fsp3) is 0.0769. The third kappa shape index (κ3) is 2.73. The zero-order chi connectivity index (χ0) is 12.1. The lowest BCUT2D eigenvalue weighted by molar-refractivity contribution is 0.307. The van der Waals surface area contributed by atoms with Crippen LogP contribution in [0.1, 0.15) is 11.1 Å². The zero-order valence-corrected chi connectivity index (χ0v) is 9.13. The molecule has 4 nitrogen and oxygen atoms in total. The van der Waals surface area contributed by atoms with Gasteiger partial charge in [0, 0.05) is 6.20 Å². The molecule has 17 heavy (non-hydrogen) atoms. The molecule has 0 bridgehead atoms. The van der Waals surface area contributed by atoms with E-state index < -0.39 is 0 Å². The maximum absolute atomic E-state index is 8.77. The van der Waals surface area contributed by atoms with Gasteiger partial charge < -0.3 is 10.5 Å². The van der Waals surface area contributed by atoms with Crippen molar-refractivity contribution < 1.29 is 4.74 Å². The Labute approximate surface area is 99.3 Å². The van der Waals surface area contributed by atoms with Gasteiger partial charge in [-0.15, -0.1) is 0 Å². The number of anilines is 1. The first-order valence-electron chi connectivity index (χ1n) is 5.12. The van der Waals surface area contributed by atoms with E-state index >= 15 is 0 Å². The maximum atomic E-state index is 8.77. The lowest BCUT2D eigenvalue weighted by atomic mass is 10.1. The van der Waals surface area contributed by atoms with Crippen LogP contribution in [0.3, 0.4) is 0 Å². The first kappa shape index (κ1) is 11.0. The summed E-state index contributed by atoms with van der Waals surface area (Å²) in [5.41, 5.74) is 7.19. The van der Waals surface area contributed by atoms with Crippen molar-refractivity contribution in [3.05, 3.63) is 53.7 Å². The minimum Gasteiger partial charge on any atom is -0.485 e. The average molecular weight is 225 g/mol. The second kappa shape index (κ2) is 4.99. The molecule has 0 aliphatic rings. The Morgan fingerprint density at radius 2 is 2.18 bits per heavy atom. The van der Waals surface area contributed by atoms with Crippen LogP contribution >= 0.6 is 0 Å². The second-order valence-corrected chi connectivity index (χ2v) is 3.49. The Balaban J connectivity index is 2.08. The van der Waals surface area contributed by atoms with E-state index in [9.17, 15) is 0 Å². The third-order valence-electron chi connectivity index (χ3n) is 2.25. The number of ether oxygens (including phenoxy) is 1. The lowest BCUT2D eigenvalue weighted by Gasteiger charge is -2.07. The summed E-state index contributed by atoms with van der Waals surface area (Å²) in [6, 6.07) is 12.9. The summed E-state index contributed by atoms with van der Waals surface area (Å²) in [5, 5.41) is 8.77. The lowest BCUT2D eigenvalue weighted by Crippen LogP contribution is -2.00. The monoisotopic (exact) mass is 225 g/mol. The number of nitrogens with two attached hydrogens (primary N) is 1. The minimum absolute atomic E-state index is 0.365. The van der Waals surface area contributed by atoms with E-state index in [1.165, 1.54) is 0 Å². The molecule has 0 atom stereocenters. The van der Waals surface area contributed by atoms with Gasteiger partial charge in [-0.3, -0.25) is 0 Å². The van der Waals surface area contributed by atoms with E-state index in [2.05, 4.69) is 11.1 Å². The van der Waals surface area contributed by atoms with Gasteiger partial charge in [0.15, 0.2) is 11.6 Å². The van der Waals surface area contributed by atoms with Gasteiger partial charge in [0.25, 0.3) is 0 Å². The van der Waals surface area contributed by atoms with Gasteiger partial charge in [0.05, 0.1) is 11.6 Å². The molecular weight excluding hydrogens is 214 g/mol. The number of hydrogen-bond acceptors (Lipinski definition) is 4. The van der Waals surface area contributed by atoms with Crippen LogP contribution in [0.25, 0.3) is 0 Å². The van der Waals surface area contributed by atoms with E-state index in [0.717, 1.165) is 5.56 Å². The predicted molar refractivity (Wildman–Crippen MR) is 64.1 cm³/mol. The van der Waals surface area contributed by atoms with Gasteiger partial charge in [0.1, 0.15) is 6.61 Å². The highest BCUT2D eigenvalue weighted by molar-refractivity contribution is 5.44. The number of hydrogen-bond donors (Lipinski definition) is 1. The first-order chi connectivity index (χ1) is 8.29. The van der Waals surface area contributed by atoms with E-state index in [1.807, 2.05) is 12.1 Å². The average Bonchev–Trinajstić information content (AvgIpc) is 2.38. The van der Waals surface area contributed by atoms with Gasteiger partial charge in [-0.05, 0) is 29.8 Å². The van der Waals surface area contributed by atoms with Gasteiger partial charge in [-0.1, -0.05) is 12.1 Å². The largest absolute Gasteiger partial charge is 0.485 e. The van der Waals surface area contributed by atoms with E-state index in [-0.39, 0.29) is 0 Å². The SMILES string of the molecule is N#Cc1cccc(COc2cccnc2N)c1. The van der Waals surface area contributed by atoms with Crippen LogP contribution in [0.5, 0.6) is 5.75 Å². The number of nitrogen functional groups attached to an aromatic ring is 1. The summed E-state index contributed by atoms with van der Waals surface area (Å²) in [7, 11) is 0. The molecule has 2 rings (SSSR count). The molecule has 0 amide bonds. The van der Waals surface area contributed by atoms with Crippen molar-refractivity contribution >= 4 is 5.82 Å². The van der Waals surface area contributed by atoms with Crippen molar-refractivity contribution in [3.63, 3.8) is 0 Å². The normalized spacial score (nSPS) is 9.59. The fourth-order valence-corrected chi connectivity index (χ4v) is 1.42. The summed E-state index contributed by atoms with van der Waals surface area (Å²) in [6.07, 6.45) is 1.61. The number of nitriles is 1. The van der Waals surface area contributed by atoms with Crippen LogP contribution in [-0.4, -0.2) is 4.98 Å². The van der Waals surface area contributed by atoms with Gasteiger partial charge in [-0.25, -0.2) is 4.98 Å². The Hall–Kier alpha value is -2.54. The number of benzene rings is 1. The molecule has 84 valence electrons. The van der Waals surface area contributed by atoms with Crippen molar-refractivity contribution in [1.29, 1.82) is 5.26 Å². The standard InChI is InChI=1S/C13H11N3O/c14-8-10-3-1-4-11(7-10)9-17-12-5-2-6-16-13(12)15/h1-7H,9H2,(H2,15,16). The number of pyridine rings is 1. The summed E-state index contributed by atoms with van der Waals surface area (Å²) in [4.78, 5) is 3.93. The molecule has 1 aromatic carbocycles. The highest BCUT2D eigenvalue weighted by Crippen LogP contribution is 2.18.